The molecule has 8 heteroatoms. The largest absolute Gasteiger partial charge is 0.477 e. The van der Waals surface area contributed by atoms with E-state index in [1.54, 1.807) is 0 Å². The second-order valence-electron chi connectivity index (χ2n) is 4.85. The van der Waals surface area contributed by atoms with Gasteiger partial charge < -0.3 is 10.8 Å². The number of β-lactam (4-membered cyclic amide) rings is 1. The van der Waals surface area contributed by atoms with Gasteiger partial charge in [-0.15, -0.1) is 16.4 Å². The molecule has 3 rings (SSSR count). The smallest absolute Gasteiger partial charge is 0.352 e. The van der Waals surface area contributed by atoms with Crippen molar-refractivity contribution in [2.24, 2.45) is 12.8 Å². The van der Waals surface area contributed by atoms with Crippen molar-refractivity contribution < 1.29 is 19.4 Å². The zero-order valence-electron chi connectivity index (χ0n) is 10.9. The topological polar surface area (TPSA) is 92.4 Å². The maximum Gasteiger partial charge on any atom is 0.352 e. The molecule has 1 saturated heterocycles. The Labute approximate surface area is 119 Å². The second kappa shape index (κ2) is 4.64. The first-order chi connectivity index (χ1) is 9.50. The minimum Gasteiger partial charge on any atom is -0.477 e. The van der Waals surface area contributed by atoms with Crippen molar-refractivity contribution in [3.8, 4) is 0 Å². The molecular formula is C12H15N4O3S+. The van der Waals surface area contributed by atoms with Crippen LogP contribution in [0.2, 0.25) is 0 Å². The number of aryl methyl sites for hydroxylation is 1. The van der Waals surface area contributed by atoms with Gasteiger partial charge >= 0.3 is 5.97 Å². The normalized spacial score (nSPS) is 25.5. The van der Waals surface area contributed by atoms with Crippen molar-refractivity contribution in [1.29, 1.82) is 0 Å². The molecule has 3 heterocycles. The molecular weight excluding hydrogens is 280 g/mol. The van der Waals surface area contributed by atoms with Gasteiger partial charge in [0.2, 0.25) is 5.91 Å². The number of hydrogen-bond donors (Lipinski definition) is 2. The van der Waals surface area contributed by atoms with Crippen LogP contribution in [0.25, 0.3) is 0 Å². The van der Waals surface area contributed by atoms with E-state index in [1.807, 2.05) is 34.9 Å². The Morgan fingerprint density at radius 1 is 1.65 bits per heavy atom. The highest BCUT2D eigenvalue weighted by Crippen LogP contribution is 2.39. The van der Waals surface area contributed by atoms with Crippen molar-refractivity contribution >= 4 is 23.6 Å². The van der Waals surface area contributed by atoms with Crippen LogP contribution in [0.3, 0.4) is 0 Å². The molecule has 0 unspecified atom stereocenters. The van der Waals surface area contributed by atoms with E-state index in [2.05, 4.69) is 0 Å². The summed E-state index contributed by atoms with van der Waals surface area (Å²) < 4.78 is 3.76. The van der Waals surface area contributed by atoms with Crippen molar-refractivity contribution in [1.82, 2.24) is 9.58 Å². The lowest BCUT2D eigenvalue weighted by molar-refractivity contribution is -0.752. The molecule has 2 aliphatic rings. The van der Waals surface area contributed by atoms with E-state index in [1.165, 1.54) is 16.7 Å². The number of hydrogen-bond acceptors (Lipinski definition) is 4. The molecule has 1 amide bonds. The van der Waals surface area contributed by atoms with E-state index >= 15 is 0 Å². The van der Waals surface area contributed by atoms with Crippen molar-refractivity contribution in [2.75, 3.05) is 5.75 Å². The number of thioether (sulfide) groups is 1. The fourth-order valence-electron chi connectivity index (χ4n) is 2.51. The highest BCUT2D eigenvalue weighted by molar-refractivity contribution is 8.00. The molecule has 1 fully saturated rings. The van der Waals surface area contributed by atoms with Crippen LogP contribution in [0.1, 0.15) is 0 Å². The van der Waals surface area contributed by atoms with E-state index < -0.39 is 12.0 Å². The zero-order valence-corrected chi connectivity index (χ0v) is 11.7. The zero-order chi connectivity index (χ0) is 14.4. The van der Waals surface area contributed by atoms with Crippen LogP contribution < -0.4 is 10.4 Å². The van der Waals surface area contributed by atoms with Gasteiger partial charge in [-0.2, -0.15) is 4.68 Å². The third-order valence-corrected chi connectivity index (χ3v) is 4.97. The monoisotopic (exact) mass is 295 g/mol. The molecule has 0 radical (unpaired) electrons. The highest BCUT2D eigenvalue weighted by Gasteiger charge is 2.51. The van der Waals surface area contributed by atoms with E-state index in [0.29, 0.717) is 12.3 Å². The number of fused-ring (bicyclic) bond motifs is 1. The lowest BCUT2D eigenvalue weighted by atomic mass is 10.0. The van der Waals surface area contributed by atoms with Crippen LogP contribution >= 0.6 is 11.8 Å². The van der Waals surface area contributed by atoms with Gasteiger partial charge in [0.25, 0.3) is 0 Å². The molecule has 0 aromatic carbocycles. The Balaban J connectivity index is 1.96. The third-order valence-electron chi connectivity index (χ3n) is 3.61. The summed E-state index contributed by atoms with van der Waals surface area (Å²) in [6, 6.07) is 1.29. The third kappa shape index (κ3) is 1.83. The average molecular weight is 295 g/mol. The SMILES string of the molecule is C[n+]1cccn1CC1=C(C(=O)O)N2C(=O)[C@@H](N)[C@H]2SC1. The number of carbonyl (C=O) groups excluding carboxylic acids is 1. The summed E-state index contributed by atoms with van der Waals surface area (Å²) in [5, 5.41) is 9.17. The first-order valence-corrected chi connectivity index (χ1v) is 7.22. The number of aromatic nitrogens is 2. The van der Waals surface area contributed by atoms with E-state index in [9.17, 15) is 14.7 Å². The molecule has 20 heavy (non-hydrogen) atoms. The fourth-order valence-corrected chi connectivity index (χ4v) is 3.80. The van der Waals surface area contributed by atoms with Gasteiger partial charge in [0, 0.05) is 11.8 Å². The van der Waals surface area contributed by atoms with E-state index in [4.69, 9.17) is 5.73 Å². The quantitative estimate of drug-likeness (QED) is 0.545. The number of nitrogens with two attached hydrogens (primary N) is 1. The van der Waals surface area contributed by atoms with Crippen molar-refractivity contribution in [3.63, 3.8) is 0 Å². The van der Waals surface area contributed by atoms with Gasteiger partial charge in [0.1, 0.15) is 23.7 Å². The second-order valence-corrected chi connectivity index (χ2v) is 5.96. The number of amides is 1. The summed E-state index contributed by atoms with van der Waals surface area (Å²) in [5.74, 6) is -0.809. The number of aliphatic carboxylic acids is 1. The Bertz CT molecular complexity index is 624. The Morgan fingerprint density at radius 3 is 3.00 bits per heavy atom. The number of carboxylic acids is 1. The molecule has 3 N–H and O–H groups in total. The summed E-state index contributed by atoms with van der Waals surface area (Å²) >= 11 is 1.52. The molecule has 0 aliphatic carbocycles. The molecule has 2 atom stereocenters. The number of nitrogens with zero attached hydrogens (tertiary/aromatic N) is 3. The van der Waals surface area contributed by atoms with Crippen molar-refractivity contribution in [2.45, 2.75) is 18.0 Å². The lowest BCUT2D eigenvalue weighted by Gasteiger charge is -2.47. The predicted octanol–water partition coefficient (Wildman–Crippen LogP) is -1.11. The van der Waals surface area contributed by atoms with E-state index in [0.717, 1.165) is 5.57 Å². The number of carboxylic acid groups (broad SMARTS) is 1. The molecule has 1 aromatic heterocycles. The number of carbonyl (C=O) groups is 2. The average Bonchev–Trinajstić information content (AvgIpc) is 2.82. The molecule has 2 aliphatic heterocycles. The molecule has 106 valence electrons. The molecule has 0 spiro atoms. The van der Waals surface area contributed by atoms with Gasteiger partial charge in [-0.05, 0) is 5.57 Å². The highest BCUT2D eigenvalue weighted by atomic mass is 32.2. The van der Waals surface area contributed by atoms with Crippen LogP contribution in [-0.2, 0) is 23.2 Å². The van der Waals surface area contributed by atoms with Crippen LogP contribution in [0.4, 0.5) is 0 Å². The fraction of sp³-hybridized carbons (Fsp3) is 0.417. The van der Waals surface area contributed by atoms with Gasteiger partial charge in [-0.25, -0.2) is 4.79 Å². The Hall–Kier alpha value is -1.80. The lowest BCUT2D eigenvalue weighted by Crippen LogP contribution is -2.68. The van der Waals surface area contributed by atoms with Gasteiger partial charge in [0.15, 0.2) is 13.2 Å². The van der Waals surface area contributed by atoms with Gasteiger partial charge in [0.05, 0.1) is 6.20 Å². The molecule has 7 nitrogen and oxygen atoms in total. The minimum absolute atomic E-state index is 0.0918. The van der Waals surface area contributed by atoms with Gasteiger partial charge in [-0.3, -0.25) is 9.69 Å². The van der Waals surface area contributed by atoms with Crippen LogP contribution in [0.15, 0.2) is 29.7 Å². The van der Waals surface area contributed by atoms with Crippen LogP contribution in [0, 0.1) is 0 Å². The van der Waals surface area contributed by atoms with E-state index in [-0.39, 0.29) is 17.0 Å². The first kappa shape index (κ1) is 13.2. The minimum atomic E-state index is -1.07. The first-order valence-electron chi connectivity index (χ1n) is 6.17. The molecule has 0 bridgehead atoms. The summed E-state index contributed by atoms with van der Waals surface area (Å²) in [7, 11) is 1.88. The van der Waals surface area contributed by atoms with Gasteiger partial charge in [-0.1, -0.05) is 0 Å². The van der Waals surface area contributed by atoms with Crippen LogP contribution in [0.5, 0.6) is 0 Å². The maximum atomic E-state index is 11.8. The van der Waals surface area contributed by atoms with Crippen molar-refractivity contribution in [3.05, 3.63) is 29.7 Å². The predicted molar refractivity (Wildman–Crippen MR) is 71.3 cm³/mol. The summed E-state index contributed by atoms with van der Waals surface area (Å²) in [5.41, 5.74) is 6.53. The molecule has 0 saturated carbocycles. The molecule has 1 aromatic rings. The number of rotatable bonds is 3. The Morgan fingerprint density at radius 2 is 2.40 bits per heavy atom. The summed E-state index contributed by atoms with van der Waals surface area (Å²) in [4.78, 5) is 24.6. The summed E-state index contributed by atoms with van der Waals surface area (Å²) in [6.45, 7) is 0.448. The Kier molecular flexibility index (Phi) is 3.06. The summed E-state index contributed by atoms with van der Waals surface area (Å²) in [6.07, 6.45) is 3.75. The van der Waals surface area contributed by atoms with Crippen LogP contribution in [-0.4, -0.2) is 43.7 Å². The standard InChI is InChI=1S/C12H14N4O3S/c1-14-3-2-4-15(14)5-7-6-20-11-8(13)10(17)16(11)9(7)12(18)19/h2-4,8,11H,5-6,13H2,1H3/p+1/t8-,11-/m1/s1. The maximum absolute atomic E-state index is 11.8.